The van der Waals surface area contributed by atoms with E-state index in [-0.39, 0.29) is 12.8 Å². The molecular formula is C40H77O10P. The summed E-state index contributed by atoms with van der Waals surface area (Å²) >= 11 is 0. The lowest BCUT2D eigenvalue weighted by atomic mass is 10.0. The number of hydrogen-bond acceptors (Lipinski definition) is 9. The molecule has 0 aromatic rings. The number of esters is 2. The molecule has 0 bridgehead atoms. The maximum Gasteiger partial charge on any atom is 0.472 e. The summed E-state index contributed by atoms with van der Waals surface area (Å²) in [5, 5.41) is 19.1. The van der Waals surface area contributed by atoms with Gasteiger partial charge in [0.25, 0.3) is 0 Å². The highest BCUT2D eigenvalue weighted by molar-refractivity contribution is 7.47. The SMILES string of the molecule is CCCCCCCC/C=C\CCCCCCCC(=O)OC(CO)COP(=O)(O)OCC(CO)OC(=O)CCCCCCCCCCCCCCC. The van der Waals surface area contributed by atoms with Gasteiger partial charge < -0.3 is 24.6 Å². The number of phosphoric ester groups is 1. The molecule has 0 spiro atoms. The van der Waals surface area contributed by atoms with Crippen LogP contribution in [0.4, 0.5) is 0 Å². The van der Waals surface area contributed by atoms with Gasteiger partial charge in [-0.05, 0) is 38.5 Å². The van der Waals surface area contributed by atoms with E-state index in [1.54, 1.807) is 0 Å². The molecule has 0 radical (unpaired) electrons. The topological polar surface area (TPSA) is 149 Å². The third kappa shape index (κ3) is 35.5. The van der Waals surface area contributed by atoms with Gasteiger partial charge in [-0.15, -0.1) is 0 Å². The lowest BCUT2D eigenvalue weighted by Crippen LogP contribution is -2.28. The van der Waals surface area contributed by atoms with Crippen molar-refractivity contribution in [3.63, 3.8) is 0 Å². The van der Waals surface area contributed by atoms with E-state index in [0.717, 1.165) is 57.8 Å². The molecule has 0 fully saturated rings. The number of phosphoric acid groups is 1. The van der Waals surface area contributed by atoms with Crippen LogP contribution in [0.3, 0.4) is 0 Å². The van der Waals surface area contributed by atoms with Crippen LogP contribution in [-0.2, 0) is 32.7 Å². The second kappa shape index (κ2) is 37.0. The zero-order valence-corrected chi connectivity index (χ0v) is 33.5. The van der Waals surface area contributed by atoms with Crippen molar-refractivity contribution >= 4 is 19.8 Å². The molecule has 0 heterocycles. The summed E-state index contributed by atoms with van der Waals surface area (Å²) in [5.74, 6) is -1.02. The molecule has 3 atom stereocenters. The largest absolute Gasteiger partial charge is 0.472 e. The van der Waals surface area contributed by atoms with E-state index < -0.39 is 58.4 Å². The zero-order valence-electron chi connectivity index (χ0n) is 32.6. The molecule has 0 saturated heterocycles. The standard InChI is InChI=1S/C40H77O10P/c1-3-5-7-9-11-13-15-17-18-20-22-24-26-28-30-32-40(44)50-38(34-42)36-48-51(45,46)47-35-37(33-41)49-39(43)31-29-27-25-23-21-19-16-14-12-10-8-6-4-2/h17-18,37-38,41-42H,3-16,19-36H2,1-2H3,(H,45,46)/b18-17-. The van der Waals surface area contributed by atoms with Gasteiger partial charge in [-0.3, -0.25) is 18.6 Å². The molecule has 3 unspecified atom stereocenters. The van der Waals surface area contributed by atoms with Crippen molar-refractivity contribution < 1.29 is 47.8 Å². The number of rotatable bonds is 39. The molecule has 0 amide bonds. The van der Waals surface area contributed by atoms with E-state index in [1.807, 2.05) is 0 Å². The summed E-state index contributed by atoms with van der Waals surface area (Å²) < 4.78 is 32.5. The van der Waals surface area contributed by atoms with Gasteiger partial charge in [0, 0.05) is 12.8 Å². The number of allylic oxidation sites excluding steroid dienone is 2. The smallest absolute Gasteiger partial charge is 0.457 e. The van der Waals surface area contributed by atoms with Crippen LogP contribution in [0.2, 0.25) is 0 Å². The second-order valence-electron chi connectivity index (χ2n) is 14.0. The minimum Gasteiger partial charge on any atom is -0.457 e. The van der Waals surface area contributed by atoms with Crippen molar-refractivity contribution in [1.82, 2.24) is 0 Å². The Hall–Kier alpha value is -1.29. The first kappa shape index (κ1) is 49.7. The van der Waals surface area contributed by atoms with Gasteiger partial charge in [0.05, 0.1) is 26.4 Å². The maximum atomic E-state index is 12.3. The number of ether oxygens (including phenoxy) is 2. The van der Waals surface area contributed by atoms with Crippen molar-refractivity contribution in [1.29, 1.82) is 0 Å². The minimum atomic E-state index is -4.63. The summed E-state index contributed by atoms with van der Waals surface area (Å²) in [5.41, 5.74) is 0. The normalized spacial score (nSPS) is 14.1. The number of aliphatic hydroxyl groups is 2. The third-order valence-corrected chi connectivity index (χ3v) is 9.93. The Bertz CT molecular complexity index is 868. The average molecular weight is 749 g/mol. The van der Waals surface area contributed by atoms with E-state index in [0.29, 0.717) is 12.8 Å². The number of carbonyl (C=O) groups excluding carboxylic acids is 2. The van der Waals surface area contributed by atoms with Crippen molar-refractivity contribution in [2.75, 3.05) is 26.4 Å². The van der Waals surface area contributed by atoms with Gasteiger partial charge in [0.1, 0.15) is 12.2 Å². The first-order valence-electron chi connectivity index (χ1n) is 20.6. The number of aliphatic hydroxyl groups excluding tert-OH is 2. The number of unbranched alkanes of at least 4 members (excludes halogenated alkanes) is 23. The first-order chi connectivity index (χ1) is 24.8. The fourth-order valence-corrected chi connectivity index (χ4v) is 6.54. The van der Waals surface area contributed by atoms with Gasteiger partial charge in [-0.1, -0.05) is 154 Å². The molecule has 0 aliphatic heterocycles. The highest BCUT2D eigenvalue weighted by atomic mass is 31.2. The predicted molar refractivity (Wildman–Crippen MR) is 205 cm³/mol. The Labute approximate surface area is 311 Å². The minimum absolute atomic E-state index is 0.185. The predicted octanol–water partition coefficient (Wildman–Crippen LogP) is 10.4. The van der Waals surface area contributed by atoms with Crippen LogP contribution in [0.25, 0.3) is 0 Å². The summed E-state index contributed by atoms with van der Waals surface area (Å²) in [6.45, 7) is 2.20. The fraction of sp³-hybridized carbons (Fsp3) is 0.900. The molecule has 0 saturated carbocycles. The molecule has 10 nitrogen and oxygen atoms in total. The van der Waals surface area contributed by atoms with E-state index >= 15 is 0 Å². The molecular weight excluding hydrogens is 671 g/mol. The van der Waals surface area contributed by atoms with Crippen LogP contribution in [0.1, 0.15) is 194 Å². The third-order valence-electron chi connectivity index (χ3n) is 8.98. The zero-order chi connectivity index (χ0) is 37.7. The molecule has 0 aliphatic rings. The molecule has 0 aromatic carbocycles. The number of carbonyl (C=O) groups is 2. The lowest BCUT2D eigenvalue weighted by Gasteiger charge is -2.20. The maximum absolute atomic E-state index is 12.3. The van der Waals surface area contributed by atoms with Crippen molar-refractivity contribution in [2.24, 2.45) is 0 Å². The van der Waals surface area contributed by atoms with Gasteiger partial charge in [-0.25, -0.2) is 4.57 Å². The Balaban J connectivity index is 3.94. The van der Waals surface area contributed by atoms with Crippen LogP contribution in [0, 0.1) is 0 Å². The van der Waals surface area contributed by atoms with Gasteiger partial charge in [-0.2, -0.15) is 0 Å². The molecule has 0 aromatic heterocycles. The van der Waals surface area contributed by atoms with E-state index in [4.69, 9.17) is 18.5 Å². The average Bonchev–Trinajstić information content (AvgIpc) is 3.12. The molecule has 3 N–H and O–H groups in total. The van der Waals surface area contributed by atoms with Gasteiger partial charge >= 0.3 is 19.8 Å². The van der Waals surface area contributed by atoms with E-state index in [1.165, 1.54) is 96.3 Å². The van der Waals surface area contributed by atoms with Crippen molar-refractivity contribution in [3.05, 3.63) is 12.2 Å². The summed E-state index contributed by atoms with van der Waals surface area (Å²) in [4.78, 5) is 34.4. The molecule has 11 heteroatoms. The molecule has 302 valence electrons. The van der Waals surface area contributed by atoms with Gasteiger partial charge in [0.15, 0.2) is 0 Å². The van der Waals surface area contributed by atoms with Crippen LogP contribution in [-0.4, -0.2) is 65.7 Å². The summed E-state index contributed by atoms with van der Waals surface area (Å²) in [6, 6.07) is 0. The van der Waals surface area contributed by atoms with Crippen LogP contribution in [0.5, 0.6) is 0 Å². The second-order valence-corrected chi connectivity index (χ2v) is 15.4. The van der Waals surface area contributed by atoms with Crippen molar-refractivity contribution in [3.8, 4) is 0 Å². The van der Waals surface area contributed by atoms with Crippen LogP contribution < -0.4 is 0 Å². The Morgan fingerprint density at radius 2 is 0.804 bits per heavy atom. The van der Waals surface area contributed by atoms with Gasteiger partial charge in [0.2, 0.25) is 0 Å². The Morgan fingerprint density at radius 1 is 0.510 bits per heavy atom. The molecule has 0 aliphatic carbocycles. The monoisotopic (exact) mass is 749 g/mol. The van der Waals surface area contributed by atoms with Crippen LogP contribution in [0.15, 0.2) is 12.2 Å². The Morgan fingerprint density at radius 3 is 1.12 bits per heavy atom. The molecule has 0 rings (SSSR count). The highest BCUT2D eigenvalue weighted by Crippen LogP contribution is 2.43. The number of hydrogen-bond donors (Lipinski definition) is 3. The summed E-state index contributed by atoms with van der Waals surface area (Å²) in [6.07, 6.45) is 33.2. The van der Waals surface area contributed by atoms with Crippen molar-refractivity contribution in [2.45, 2.75) is 206 Å². The van der Waals surface area contributed by atoms with E-state index in [2.05, 4.69) is 26.0 Å². The molecule has 51 heavy (non-hydrogen) atoms. The Kier molecular flexibility index (Phi) is 36.1. The summed E-state index contributed by atoms with van der Waals surface area (Å²) in [7, 11) is -4.63. The first-order valence-corrected chi connectivity index (χ1v) is 22.1. The van der Waals surface area contributed by atoms with E-state index in [9.17, 15) is 29.3 Å². The quantitative estimate of drug-likeness (QED) is 0.0240. The highest BCUT2D eigenvalue weighted by Gasteiger charge is 2.27. The fourth-order valence-electron chi connectivity index (χ4n) is 5.76. The van der Waals surface area contributed by atoms with Crippen LogP contribution >= 0.6 is 7.82 Å². The lowest BCUT2D eigenvalue weighted by molar-refractivity contribution is -0.153.